The van der Waals surface area contributed by atoms with Gasteiger partial charge in [0.1, 0.15) is 22.9 Å². The molecule has 1 atom stereocenters. The van der Waals surface area contributed by atoms with Gasteiger partial charge in [0.05, 0.1) is 6.61 Å². The lowest BCUT2D eigenvalue weighted by Crippen LogP contribution is -2.50. The number of fused-ring (bicyclic) bond motifs is 1. The number of amides is 1. The molecule has 1 unspecified atom stereocenters. The summed E-state index contributed by atoms with van der Waals surface area (Å²) in [7, 11) is 0. The third-order valence-corrected chi connectivity index (χ3v) is 4.17. The van der Waals surface area contributed by atoms with E-state index in [1.165, 1.54) is 0 Å². The van der Waals surface area contributed by atoms with Crippen LogP contribution in [0.2, 0.25) is 0 Å². The molecule has 0 radical (unpaired) electrons. The zero-order chi connectivity index (χ0) is 15.6. The molecule has 1 N–H and O–H groups in total. The van der Waals surface area contributed by atoms with Gasteiger partial charge in [-0.2, -0.15) is 0 Å². The molecule has 0 aliphatic carbocycles. The molecule has 0 saturated heterocycles. The van der Waals surface area contributed by atoms with E-state index in [0.29, 0.717) is 18.8 Å². The Morgan fingerprint density at radius 3 is 2.86 bits per heavy atom. The van der Waals surface area contributed by atoms with Crippen molar-refractivity contribution in [2.45, 2.75) is 18.9 Å². The van der Waals surface area contributed by atoms with Gasteiger partial charge in [0.25, 0.3) is 0 Å². The molecule has 0 spiro atoms. The molecule has 1 aliphatic rings. The maximum Gasteiger partial charge on any atom is 0.235 e. The van der Waals surface area contributed by atoms with Gasteiger partial charge >= 0.3 is 0 Å². The lowest BCUT2D eigenvalue weighted by atomic mass is 9.81. The minimum absolute atomic E-state index is 0.0867. The normalized spacial score (nSPS) is 19.9. The van der Waals surface area contributed by atoms with Crippen LogP contribution in [-0.2, 0) is 10.3 Å². The van der Waals surface area contributed by atoms with Gasteiger partial charge in [-0.05, 0) is 24.6 Å². The van der Waals surface area contributed by atoms with Gasteiger partial charge in [-0.1, -0.05) is 29.8 Å². The fourth-order valence-electron chi connectivity index (χ4n) is 2.84. The molecule has 1 aliphatic heterocycles. The quantitative estimate of drug-likeness (QED) is 0.886. The summed E-state index contributed by atoms with van der Waals surface area (Å²) in [4.78, 5) is 16.5. The van der Waals surface area contributed by atoms with Crippen molar-refractivity contribution in [2.24, 2.45) is 0 Å². The summed E-state index contributed by atoms with van der Waals surface area (Å²) < 4.78 is 5.69. The van der Waals surface area contributed by atoms with Gasteiger partial charge in [0.15, 0.2) is 0 Å². The van der Waals surface area contributed by atoms with Crippen molar-refractivity contribution < 1.29 is 9.53 Å². The van der Waals surface area contributed by atoms with Gasteiger partial charge in [-0.25, -0.2) is 0 Å². The molecule has 1 aromatic heterocycles. The van der Waals surface area contributed by atoms with Crippen LogP contribution in [0.15, 0.2) is 42.6 Å². The predicted molar refractivity (Wildman–Crippen MR) is 85.2 cm³/mol. The SMILES string of the molecule is Cc1ccc(C2(NC(=O)CCl)CCOc3cccnc32)cc1. The second-order valence-electron chi connectivity index (χ2n) is 5.40. The van der Waals surface area contributed by atoms with Crippen molar-refractivity contribution in [3.05, 3.63) is 59.4 Å². The molecule has 2 heterocycles. The zero-order valence-corrected chi connectivity index (χ0v) is 13.1. The highest BCUT2D eigenvalue weighted by Gasteiger charge is 2.42. The van der Waals surface area contributed by atoms with Gasteiger partial charge in [-0.3, -0.25) is 9.78 Å². The second kappa shape index (κ2) is 5.97. The van der Waals surface area contributed by atoms with Crippen LogP contribution in [0.25, 0.3) is 0 Å². The number of rotatable bonds is 3. The highest BCUT2D eigenvalue weighted by atomic mass is 35.5. The molecule has 3 rings (SSSR count). The molecule has 0 saturated carbocycles. The molecule has 5 heteroatoms. The molecule has 0 bridgehead atoms. The van der Waals surface area contributed by atoms with Crippen LogP contribution in [0.3, 0.4) is 0 Å². The lowest BCUT2D eigenvalue weighted by molar-refractivity contribution is -0.120. The molecule has 2 aromatic rings. The third kappa shape index (κ3) is 2.55. The Morgan fingerprint density at radius 1 is 1.36 bits per heavy atom. The Balaban J connectivity index is 2.16. The van der Waals surface area contributed by atoms with Crippen molar-refractivity contribution >= 4 is 17.5 Å². The third-order valence-electron chi connectivity index (χ3n) is 3.93. The van der Waals surface area contributed by atoms with E-state index in [-0.39, 0.29) is 11.8 Å². The average molecular weight is 317 g/mol. The lowest BCUT2D eigenvalue weighted by Gasteiger charge is -2.38. The molecule has 1 amide bonds. The number of halogens is 1. The summed E-state index contributed by atoms with van der Waals surface area (Å²) in [6.45, 7) is 2.54. The maximum absolute atomic E-state index is 12.0. The van der Waals surface area contributed by atoms with Crippen molar-refractivity contribution in [3.8, 4) is 5.75 Å². The Kier molecular flexibility index (Phi) is 4.03. The van der Waals surface area contributed by atoms with Gasteiger partial charge < -0.3 is 10.1 Å². The van der Waals surface area contributed by atoms with Crippen LogP contribution in [0.4, 0.5) is 0 Å². The number of nitrogens with one attached hydrogen (secondary N) is 1. The number of benzene rings is 1. The van der Waals surface area contributed by atoms with Crippen LogP contribution >= 0.6 is 11.6 Å². The highest BCUT2D eigenvalue weighted by molar-refractivity contribution is 6.27. The van der Waals surface area contributed by atoms with Gasteiger partial charge in [-0.15, -0.1) is 11.6 Å². The average Bonchev–Trinajstić information content (AvgIpc) is 2.55. The molecular formula is C17H17ClN2O2. The number of carbonyl (C=O) groups excluding carboxylic acids is 1. The van der Waals surface area contributed by atoms with Crippen LogP contribution in [0.1, 0.15) is 23.2 Å². The summed E-state index contributed by atoms with van der Waals surface area (Å²) in [5.41, 5.74) is 2.17. The topological polar surface area (TPSA) is 51.2 Å². The molecular weight excluding hydrogens is 300 g/mol. The Hall–Kier alpha value is -2.07. The molecule has 4 nitrogen and oxygen atoms in total. The second-order valence-corrected chi connectivity index (χ2v) is 5.67. The Labute approximate surface area is 134 Å². The summed E-state index contributed by atoms with van der Waals surface area (Å²) in [5, 5.41) is 3.06. The first kappa shape index (κ1) is 14.9. The van der Waals surface area contributed by atoms with Crippen LogP contribution < -0.4 is 10.1 Å². The first-order chi connectivity index (χ1) is 10.7. The summed E-state index contributed by atoms with van der Waals surface area (Å²) in [6.07, 6.45) is 2.33. The van der Waals surface area contributed by atoms with E-state index in [2.05, 4.69) is 10.3 Å². The van der Waals surface area contributed by atoms with Gasteiger partial charge in [0, 0.05) is 12.6 Å². The van der Waals surface area contributed by atoms with Crippen LogP contribution in [0.5, 0.6) is 5.75 Å². The number of hydrogen-bond donors (Lipinski definition) is 1. The van der Waals surface area contributed by atoms with E-state index < -0.39 is 5.54 Å². The first-order valence-electron chi connectivity index (χ1n) is 7.18. The molecule has 22 heavy (non-hydrogen) atoms. The number of aryl methyl sites for hydroxylation is 1. The number of alkyl halides is 1. The number of hydrogen-bond acceptors (Lipinski definition) is 3. The number of nitrogens with zero attached hydrogens (tertiary/aromatic N) is 1. The number of ether oxygens (including phenoxy) is 1. The minimum Gasteiger partial charge on any atom is -0.491 e. The summed E-state index contributed by atoms with van der Waals surface area (Å²) >= 11 is 5.71. The van der Waals surface area contributed by atoms with Crippen molar-refractivity contribution in [1.29, 1.82) is 0 Å². The zero-order valence-electron chi connectivity index (χ0n) is 12.3. The fourth-order valence-corrected chi connectivity index (χ4v) is 2.91. The predicted octanol–water partition coefficient (Wildman–Crippen LogP) is 2.77. The Morgan fingerprint density at radius 2 is 2.14 bits per heavy atom. The maximum atomic E-state index is 12.0. The molecule has 0 fully saturated rings. The number of carbonyl (C=O) groups is 1. The number of pyridine rings is 1. The highest BCUT2D eigenvalue weighted by Crippen LogP contribution is 2.40. The monoisotopic (exact) mass is 316 g/mol. The van der Waals surface area contributed by atoms with E-state index in [1.807, 2.05) is 43.3 Å². The van der Waals surface area contributed by atoms with Crippen molar-refractivity contribution in [2.75, 3.05) is 12.5 Å². The van der Waals surface area contributed by atoms with E-state index in [9.17, 15) is 4.79 Å². The number of aromatic nitrogens is 1. The van der Waals surface area contributed by atoms with E-state index in [0.717, 1.165) is 16.8 Å². The van der Waals surface area contributed by atoms with Crippen LogP contribution in [0, 0.1) is 6.92 Å². The van der Waals surface area contributed by atoms with E-state index in [4.69, 9.17) is 16.3 Å². The largest absolute Gasteiger partial charge is 0.491 e. The standard InChI is InChI=1S/C17H17ClN2O2/c1-12-4-6-13(7-5-12)17(20-15(21)11-18)8-10-22-14-3-2-9-19-16(14)17/h2-7,9H,8,10-11H2,1H3,(H,20,21). The molecule has 1 aromatic carbocycles. The smallest absolute Gasteiger partial charge is 0.235 e. The first-order valence-corrected chi connectivity index (χ1v) is 7.71. The minimum atomic E-state index is -0.700. The van der Waals surface area contributed by atoms with Crippen LogP contribution in [-0.4, -0.2) is 23.4 Å². The fraction of sp³-hybridized carbons (Fsp3) is 0.294. The van der Waals surface area contributed by atoms with Crippen molar-refractivity contribution in [3.63, 3.8) is 0 Å². The Bertz CT molecular complexity index is 687. The summed E-state index contributed by atoms with van der Waals surface area (Å²) in [5.74, 6) is 0.390. The van der Waals surface area contributed by atoms with E-state index >= 15 is 0 Å². The molecule has 114 valence electrons. The van der Waals surface area contributed by atoms with E-state index in [1.54, 1.807) is 6.20 Å². The van der Waals surface area contributed by atoms with Gasteiger partial charge in [0.2, 0.25) is 5.91 Å². The summed E-state index contributed by atoms with van der Waals surface area (Å²) in [6, 6.07) is 11.8. The van der Waals surface area contributed by atoms with Crippen molar-refractivity contribution in [1.82, 2.24) is 10.3 Å².